The van der Waals surface area contributed by atoms with E-state index < -0.39 is 0 Å². The molecule has 1 atom stereocenters. The van der Waals surface area contributed by atoms with Crippen LogP contribution in [0.25, 0.3) is 0 Å². The largest absolute Gasteiger partial charge is 0.0946 e. The Morgan fingerprint density at radius 2 is 1.75 bits per heavy atom. The fourth-order valence-electron chi connectivity index (χ4n) is 2.12. The van der Waals surface area contributed by atoms with Crippen LogP contribution in [0.15, 0.2) is 35.5 Å². The Hall–Kier alpha value is -0.780. The molecule has 0 bridgehead atoms. The zero-order valence-corrected chi connectivity index (χ0v) is 8.57. The number of hydrogen-bond donors (Lipinski definition) is 0. The first-order chi connectivity index (χ1) is 5.46. The van der Waals surface area contributed by atoms with Gasteiger partial charge in [-0.2, -0.15) is 0 Å². The number of hydrogen-bond acceptors (Lipinski definition) is 0. The molecule has 0 N–H and O–H groups in total. The lowest BCUT2D eigenvalue weighted by Gasteiger charge is -2.13. The molecule has 0 aromatic carbocycles. The van der Waals surface area contributed by atoms with Crippen molar-refractivity contribution in [3.63, 3.8) is 0 Å². The SMILES string of the molecule is C=C1C(=C)C(C)C(C(C)C)=C1C. The molecule has 0 saturated heterocycles. The third kappa shape index (κ3) is 1.16. The van der Waals surface area contributed by atoms with Gasteiger partial charge in [-0.15, -0.1) is 0 Å². The Balaban J connectivity index is 3.13. The van der Waals surface area contributed by atoms with E-state index in [1.807, 2.05) is 0 Å². The topological polar surface area (TPSA) is 0 Å². The summed E-state index contributed by atoms with van der Waals surface area (Å²) in [5.74, 6) is 1.13. The Bertz CT molecular complexity index is 264. The minimum Gasteiger partial charge on any atom is -0.0946 e. The molecular weight excluding hydrogens is 144 g/mol. The van der Waals surface area contributed by atoms with Crippen LogP contribution in [0.1, 0.15) is 27.7 Å². The van der Waals surface area contributed by atoms with Crippen LogP contribution in [0.5, 0.6) is 0 Å². The van der Waals surface area contributed by atoms with Crippen LogP contribution in [0.2, 0.25) is 0 Å². The van der Waals surface area contributed by atoms with E-state index in [1.54, 1.807) is 0 Å². The van der Waals surface area contributed by atoms with Crippen LogP contribution in [-0.4, -0.2) is 0 Å². The highest BCUT2D eigenvalue weighted by molar-refractivity contribution is 5.55. The van der Waals surface area contributed by atoms with E-state index in [1.165, 1.54) is 16.7 Å². The highest BCUT2D eigenvalue weighted by Crippen LogP contribution is 2.41. The zero-order chi connectivity index (χ0) is 9.46. The lowest BCUT2D eigenvalue weighted by Crippen LogP contribution is -2.02. The number of rotatable bonds is 1. The predicted molar refractivity (Wildman–Crippen MR) is 55.0 cm³/mol. The Labute approximate surface area is 75.7 Å². The van der Waals surface area contributed by atoms with Gasteiger partial charge in [0.05, 0.1) is 0 Å². The van der Waals surface area contributed by atoms with Crippen LogP contribution in [0, 0.1) is 11.8 Å². The molecule has 0 aromatic rings. The van der Waals surface area contributed by atoms with Crippen LogP contribution in [0.3, 0.4) is 0 Å². The maximum absolute atomic E-state index is 4.06. The van der Waals surface area contributed by atoms with Gasteiger partial charge in [0, 0.05) is 5.92 Å². The van der Waals surface area contributed by atoms with Crippen molar-refractivity contribution in [3.05, 3.63) is 35.5 Å². The van der Waals surface area contributed by atoms with Gasteiger partial charge in [0.25, 0.3) is 0 Å². The van der Waals surface area contributed by atoms with Gasteiger partial charge < -0.3 is 0 Å². The molecule has 1 rings (SSSR count). The van der Waals surface area contributed by atoms with Crippen molar-refractivity contribution >= 4 is 0 Å². The maximum Gasteiger partial charge on any atom is 0.00282 e. The molecule has 0 spiro atoms. The Morgan fingerprint density at radius 1 is 1.25 bits per heavy atom. The maximum atomic E-state index is 4.06. The minimum atomic E-state index is 0.512. The van der Waals surface area contributed by atoms with Crippen LogP contribution in [-0.2, 0) is 0 Å². The van der Waals surface area contributed by atoms with Crippen molar-refractivity contribution in [3.8, 4) is 0 Å². The van der Waals surface area contributed by atoms with E-state index in [9.17, 15) is 0 Å². The molecule has 0 aromatic heterocycles. The molecule has 1 aliphatic rings. The molecule has 0 aliphatic heterocycles. The van der Waals surface area contributed by atoms with Crippen LogP contribution >= 0.6 is 0 Å². The van der Waals surface area contributed by atoms with E-state index in [2.05, 4.69) is 40.9 Å². The van der Waals surface area contributed by atoms with Gasteiger partial charge in [-0.25, -0.2) is 0 Å². The summed E-state index contributed by atoms with van der Waals surface area (Å²) >= 11 is 0. The lowest BCUT2D eigenvalue weighted by molar-refractivity contribution is 0.662. The standard InChI is InChI=1S/C12H18/c1-7(2)12-10(5)8(3)9(4)11(12)6/h7,10H,3-4H2,1-2,5-6H3. The van der Waals surface area contributed by atoms with E-state index in [0.717, 1.165) is 5.57 Å². The lowest BCUT2D eigenvalue weighted by atomic mass is 9.91. The van der Waals surface area contributed by atoms with E-state index >= 15 is 0 Å². The highest BCUT2D eigenvalue weighted by atomic mass is 14.3. The molecule has 66 valence electrons. The Kier molecular flexibility index (Phi) is 2.27. The van der Waals surface area contributed by atoms with Crippen molar-refractivity contribution in [2.24, 2.45) is 11.8 Å². The minimum absolute atomic E-state index is 0.512. The van der Waals surface area contributed by atoms with Crippen molar-refractivity contribution in [2.75, 3.05) is 0 Å². The molecule has 0 saturated carbocycles. The second kappa shape index (κ2) is 2.93. The van der Waals surface area contributed by atoms with Gasteiger partial charge in [0.15, 0.2) is 0 Å². The molecule has 12 heavy (non-hydrogen) atoms. The summed E-state index contributed by atoms with van der Waals surface area (Å²) in [7, 11) is 0. The van der Waals surface area contributed by atoms with E-state index in [0.29, 0.717) is 11.8 Å². The monoisotopic (exact) mass is 162 g/mol. The third-order valence-electron chi connectivity index (χ3n) is 2.88. The summed E-state index contributed by atoms with van der Waals surface area (Å²) in [5, 5.41) is 0. The molecular formula is C12H18. The quantitative estimate of drug-likeness (QED) is 0.551. The smallest absolute Gasteiger partial charge is 0.00282 e. The van der Waals surface area contributed by atoms with Crippen LogP contribution in [0.4, 0.5) is 0 Å². The molecule has 0 radical (unpaired) electrons. The van der Waals surface area contributed by atoms with E-state index in [-0.39, 0.29) is 0 Å². The van der Waals surface area contributed by atoms with Gasteiger partial charge in [-0.1, -0.05) is 39.5 Å². The fourth-order valence-corrected chi connectivity index (χ4v) is 2.12. The molecule has 0 heteroatoms. The summed E-state index contributed by atoms with van der Waals surface area (Å²) in [6.45, 7) is 17.0. The van der Waals surface area contributed by atoms with Crippen molar-refractivity contribution in [1.29, 1.82) is 0 Å². The third-order valence-corrected chi connectivity index (χ3v) is 2.88. The summed E-state index contributed by atoms with van der Waals surface area (Å²) in [4.78, 5) is 0. The molecule has 1 aliphatic carbocycles. The summed E-state index contributed by atoms with van der Waals surface area (Å²) in [5.41, 5.74) is 5.25. The second-order valence-electron chi connectivity index (χ2n) is 3.96. The summed E-state index contributed by atoms with van der Waals surface area (Å²) in [6, 6.07) is 0. The van der Waals surface area contributed by atoms with Crippen LogP contribution < -0.4 is 0 Å². The van der Waals surface area contributed by atoms with Crippen molar-refractivity contribution in [2.45, 2.75) is 27.7 Å². The van der Waals surface area contributed by atoms with Gasteiger partial charge in [0.2, 0.25) is 0 Å². The first-order valence-corrected chi connectivity index (χ1v) is 4.56. The number of allylic oxidation sites excluding steroid dienone is 4. The van der Waals surface area contributed by atoms with Gasteiger partial charge in [0.1, 0.15) is 0 Å². The average molecular weight is 162 g/mol. The molecule has 0 nitrogen and oxygen atoms in total. The first kappa shape index (κ1) is 9.31. The van der Waals surface area contributed by atoms with Gasteiger partial charge >= 0.3 is 0 Å². The summed E-state index contributed by atoms with van der Waals surface area (Å²) in [6.07, 6.45) is 0. The second-order valence-corrected chi connectivity index (χ2v) is 3.96. The molecule has 0 heterocycles. The Morgan fingerprint density at radius 3 is 1.92 bits per heavy atom. The fraction of sp³-hybridized carbons (Fsp3) is 0.500. The van der Waals surface area contributed by atoms with Gasteiger partial charge in [-0.05, 0) is 29.6 Å². The summed E-state index contributed by atoms with van der Waals surface area (Å²) < 4.78 is 0. The zero-order valence-electron chi connectivity index (χ0n) is 8.57. The normalized spacial score (nSPS) is 24.6. The molecule has 0 amide bonds. The molecule has 1 unspecified atom stereocenters. The van der Waals surface area contributed by atoms with E-state index in [4.69, 9.17) is 0 Å². The predicted octanol–water partition coefficient (Wildman–Crippen LogP) is 3.72. The highest BCUT2D eigenvalue weighted by Gasteiger charge is 2.27. The van der Waals surface area contributed by atoms with Gasteiger partial charge in [-0.3, -0.25) is 0 Å². The first-order valence-electron chi connectivity index (χ1n) is 4.56. The van der Waals surface area contributed by atoms with Crippen molar-refractivity contribution < 1.29 is 0 Å². The average Bonchev–Trinajstić information content (AvgIpc) is 2.16. The molecule has 0 fully saturated rings. The van der Waals surface area contributed by atoms with Crippen molar-refractivity contribution in [1.82, 2.24) is 0 Å².